The lowest BCUT2D eigenvalue weighted by molar-refractivity contribution is 0.0492. The van der Waals surface area contributed by atoms with Gasteiger partial charge in [-0.15, -0.1) is 0 Å². The van der Waals surface area contributed by atoms with Gasteiger partial charge in [0.15, 0.2) is 5.82 Å². The number of H-pyrrole nitrogens is 1. The number of carbonyl (C=O) groups is 1. The van der Waals surface area contributed by atoms with Crippen LogP contribution in [0.15, 0.2) is 4.60 Å². The molecule has 2 bridgehead atoms. The molecule has 2 saturated heterocycles. The quantitative estimate of drug-likeness (QED) is 0.555. The number of aromatic amines is 1. The van der Waals surface area contributed by atoms with Crippen LogP contribution in [0, 0.1) is 3.70 Å². The van der Waals surface area contributed by atoms with Crippen LogP contribution >= 0.6 is 38.5 Å². The Morgan fingerprint density at radius 1 is 1.30 bits per heavy atom. The number of alkyl carbamates (subject to hydrolysis) is 1. The van der Waals surface area contributed by atoms with E-state index in [0.29, 0.717) is 17.7 Å². The summed E-state index contributed by atoms with van der Waals surface area (Å²) in [5.41, 5.74) is 0.923. The van der Waals surface area contributed by atoms with Crippen molar-refractivity contribution in [3.05, 3.63) is 8.30 Å². The third-order valence-electron chi connectivity index (χ3n) is 4.98. The average Bonchev–Trinajstić information content (AvgIpc) is 3.02. The second-order valence-electron chi connectivity index (χ2n) is 8.15. The van der Waals surface area contributed by atoms with Crippen LogP contribution in [0.1, 0.15) is 46.5 Å². The molecule has 0 aliphatic carbocycles. The number of carbonyl (C=O) groups excluding carboxylic acids is 1. The van der Waals surface area contributed by atoms with Crippen molar-refractivity contribution in [1.29, 1.82) is 0 Å². The van der Waals surface area contributed by atoms with Crippen LogP contribution in [0.3, 0.4) is 0 Å². The van der Waals surface area contributed by atoms with Crippen LogP contribution in [0.4, 0.5) is 10.6 Å². The normalized spacial score (nSPS) is 25.1. The number of hydrogen-bond acceptors (Lipinski definition) is 6. The van der Waals surface area contributed by atoms with Crippen LogP contribution in [0.2, 0.25) is 0 Å². The standard InChI is InChI=1S/C17H22BrIN6O2/c1-17(2,3)27-16(26)20-8-6-9-4-5-10(7-8)25(9)15-12(18)21-11-13(19)23-24-14(11)22-15/h8-10H,4-7H2,1-3H3,(H,20,26)(H,22,23,24). The van der Waals surface area contributed by atoms with Crippen molar-refractivity contribution in [2.45, 2.75) is 70.2 Å². The number of aromatic nitrogens is 4. The Bertz CT molecular complexity index is 868. The minimum atomic E-state index is -0.485. The fourth-order valence-electron chi connectivity index (χ4n) is 4.06. The average molecular weight is 549 g/mol. The number of anilines is 1. The van der Waals surface area contributed by atoms with Gasteiger partial charge >= 0.3 is 6.09 Å². The molecule has 2 atom stereocenters. The topological polar surface area (TPSA) is 96.0 Å². The van der Waals surface area contributed by atoms with Crippen LogP contribution < -0.4 is 10.2 Å². The summed E-state index contributed by atoms with van der Waals surface area (Å²) in [6, 6.07) is 0.768. The molecule has 0 saturated carbocycles. The molecule has 0 radical (unpaired) electrons. The zero-order chi connectivity index (χ0) is 19.3. The Labute approximate surface area is 179 Å². The van der Waals surface area contributed by atoms with Crippen molar-refractivity contribution in [2.24, 2.45) is 0 Å². The zero-order valence-electron chi connectivity index (χ0n) is 15.4. The Kier molecular flexibility index (Phi) is 4.98. The van der Waals surface area contributed by atoms with E-state index in [0.717, 1.165) is 45.3 Å². The van der Waals surface area contributed by atoms with Gasteiger partial charge in [-0.25, -0.2) is 14.8 Å². The lowest BCUT2D eigenvalue weighted by atomic mass is 9.97. The molecule has 27 heavy (non-hydrogen) atoms. The van der Waals surface area contributed by atoms with E-state index in [-0.39, 0.29) is 12.1 Å². The predicted octanol–water partition coefficient (Wildman–Crippen LogP) is 3.74. The van der Waals surface area contributed by atoms with E-state index >= 15 is 0 Å². The second-order valence-corrected chi connectivity index (χ2v) is 9.98. The molecule has 2 aromatic rings. The molecule has 0 aromatic carbocycles. The largest absolute Gasteiger partial charge is 0.444 e. The van der Waals surface area contributed by atoms with Gasteiger partial charge < -0.3 is 15.0 Å². The third kappa shape index (κ3) is 3.87. The molecule has 2 unspecified atom stereocenters. The minimum Gasteiger partial charge on any atom is -0.444 e. The van der Waals surface area contributed by atoms with Gasteiger partial charge in [-0.05, 0) is 85.0 Å². The van der Waals surface area contributed by atoms with Gasteiger partial charge in [-0.1, -0.05) is 0 Å². The number of rotatable bonds is 2. The summed E-state index contributed by atoms with van der Waals surface area (Å²) in [5.74, 6) is 0.841. The van der Waals surface area contributed by atoms with Crippen LogP contribution in [0.25, 0.3) is 11.2 Å². The number of piperidine rings is 1. The first-order chi connectivity index (χ1) is 12.7. The molecular formula is C17H22BrIN6O2. The fraction of sp³-hybridized carbons (Fsp3) is 0.647. The highest BCUT2D eigenvalue weighted by atomic mass is 127. The molecule has 146 valence electrons. The van der Waals surface area contributed by atoms with Crippen molar-refractivity contribution in [3.63, 3.8) is 0 Å². The van der Waals surface area contributed by atoms with Gasteiger partial charge in [0.05, 0.1) is 0 Å². The maximum absolute atomic E-state index is 12.1. The minimum absolute atomic E-state index is 0.121. The summed E-state index contributed by atoms with van der Waals surface area (Å²) in [6.07, 6.45) is 3.58. The number of halogens is 2. The lowest BCUT2D eigenvalue weighted by Crippen LogP contribution is -2.51. The van der Waals surface area contributed by atoms with Gasteiger partial charge in [0.2, 0.25) is 5.65 Å². The Hall–Kier alpha value is -1.17. The summed E-state index contributed by atoms with van der Waals surface area (Å²) in [6.45, 7) is 5.63. The van der Waals surface area contributed by atoms with Gasteiger partial charge in [0, 0.05) is 18.1 Å². The summed E-state index contributed by atoms with van der Waals surface area (Å²) in [4.78, 5) is 23.9. The predicted molar refractivity (Wildman–Crippen MR) is 114 cm³/mol. The Balaban J connectivity index is 1.51. The molecule has 2 aliphatic heterocycles. The molecule has 2 aliphatic rings. The first-order valence-corrected chi connectivity index (χ1v) is 10.9. The van der Waals surface area contributed by atoms with Gasteiger partial charge in [-0.2, -0.15) is 5.10 Å². The smallest absolute Gasteiger partial charge is 0.407 e. The third-order valence-corrected chi connectivity index (χ3v) is 6.27. The monoisotopic (exact) mass is 548 g/mol. The first-order valence-electron chi connectivity index (χ1n) is 9.06. The molecule has 1 amide bonds. The van der Waals surface area contributed by atoms with Crippen LogP contribution in [0.5, 0.6) is 0 Å². The molecule has 8 nitrogen and oxygen atoms in total. The van der Waals surface area contributed by atoms with Crippen molar-refractivity contribution >= 4 is 61.6 Å². The van der Waals surface area contributed by atoms with E-state index in [2.05, 4.69) is 63.9 Å². The van der Waals surface area contributed by atoms with Crippen molar-refractivity contribution in [2.75, 3.05) is 4.90 Å². The van der Waals surface area contributed by atoms with Crippen molar-refractivity contribution in [3.8, 4) is 0 Å². The molecule has 4 heterocycles. The first kappa shape index (κ1) is 19.2. The molecule has 2 fully saturated rings. The van der Waals surface area contributed by atoms with Crippen LogP contribution in [-0.4, -0.2) is 50.0 Å². The molecule has 10 heteroatoms. The number of fused-ring (bicyclic) bond motifs is 3. The number of hydrogen-bond donors (Lipinski definition) is 2. The zero-order valence-corrected chi connectivity index (χ0v) is 19.2. The van der Waals surface area contributed by atoms with Crippen molar-refractivity contribution < 1.29 is 9.53 Å². The number of ether oxygens (including phenoxy) is 1. The molecule has 2 aromatic heterocycles. The molecule has 4 rings (SSSR count). The van der Waals surface area contributed by atoms with Crippen LogP contribution in [-0.2, 0) is 4.74 Å². The Morgan fingerprint density at radius 2 is 1.96 bits per heavy atom. The SMILES string of the molecule is CC(C)(C)OC(=O)NC1CC2CCC(C1)N2c1nc2n[nH]c(I)c2nc1Br. The number of amides is 1. The highest BCUT2D eigenvalue weighted by Gasteiger charge is 2.43. The molecular weight excluding hydrogens is 527 g/mol. The Morgan fingerprint density at radius 3 is 2.59 bits per heavy atom. The van der Waals surface area contributed by atoms with Crippen molar-refractivity contribution in [1.82, 2.24) is 25.5 Å². The van der Waals surface area contributed by atoms with E-state index in [1.54, 1.807) is 0 Å². The fourth-order valence-corrected chi connectivity index (χ4v) is 5.01. The van der Waals surface area contributed by atoms with E-state index < -0.39 is 5.60 Å². The highest BCUT2D eigenvalue weighted by Crippen LogP contribution is 2.41. The van der Waals surface area contributed by atoms with E-state index in [4.69, 9.17) is 9.72 Å². The number of nitrogens with one attached hydrogen (secondary N) is 2. The lowest BCUT2D eigenvalue weighted by Gasteiger charge is -2.40. The molecule has 2 N–H and O–H groups in total. The van der Waals surface area contributed by atoms with Gasteiger partial charge in [0.1, 0.15) is 19.4 Å². The maximum Gasteiger partial charge on any atom is 0.407 e. The van der Waals surface area contributed by atoms with Gasteiger partial charge in [0.25, 0.3) is 0 Å². The highest BCUT2D eigenvalue weighted by molar-refractivity contribution is 14.1. The summed E-state index contributed by atoms with van der Waals surface area (Å²) in [5, 5.41) is 10.2. The number of nitrogens with zero attached hydrogens (tertiary/aromatic N) is 4. The molecule has 0 spiro atoms. The maximum atomic E-state index is 12.1. The van der Waals surface area contributed by atoms with Gasteiger partial charge in [-0.3, -0.25) is 5.10 Å². The van der Waals surface area contributed by atoms with E-state index in [1.165, 1.54) is 0 Å². The summed E-state index contributed by atoms with van der Waals surface area (Å²) in [7, 11) is 0. The second kappa shape index (κ2) is 7.02. The summed E-state index contributed by atoms with van der Waals surface area (Å²) < 4.78 is 7.03. The van der Waals surface area contributed by atoms with E-state index in [1.807, 2.05) is 20.8 Å². The summed E-state index contributed by atoms with van der Waals surface area (Å²) >= 11 is 5.77. The van der Waals surface area contributed by atoms with E-state index in [9.17, 15) is 4.79 Å².